The Morgan fingerprint density at radius 3 is 2.69 bits per heavy atom. The maximum Gasteiger partial charge on any atom is 0.270 e. The minimum Gasteiger partial charge on any atom is -0.356 e. The average Bonchev–Trinajstić information content (AvgIpc) is 2.75. The van der Waals surface area contributed by atoms with Crippen LogP contribution < -0.4 is 0 Å². The molecule has 1 aromatic rings. The van der Waals surface area contributed by atoms with Crippen LogP contribution in [0.4, 0.5) is 0 Å². The molecule has 0 bridgehead atoms. The van der Waals surface area contributed by atoms with E-state index in [1.165, 1.54) is 19.3 Å². The lowest BCUT2D eigenvalue weighted by molar-refractivity contribution is 0.0691. The van der Waals surface area contributed by atoms with Crippen LogP contribution in [0, 0.1) is 0 Å². The second-order valence-corrected chi connectivity index (χ2v) is 5.36. The Morgan fingerprint density at radius 2 is 2.12 bits per heavy atom. The minimum atomic E-state index is 0.0950. The highest BCUT2D eigenvalue weighted by molar-refractivity contribution is 9.10. The first-order valence-corrected chi connectivity index (χ1v) is 6.59. The fourth-order valence-corrected chi connectivity index (χ4v) is 2.66. The Morgan fingerprint density at radius 1 is 1.44 bits per heavy atom. The highest BCUT2D eigenvalue weighted by Gasteiger charge is 2.23. The van der Waals surface area contributed by atoms with E-state index < -0.39 is 0 Å². The first-order valence-electron chi connectivity index (χ1n) is 5.79. The number of amides is 1. The summed E-state index contributed by atoms with van der Waals surface area (Å²) in [6.45, 7) is 0. The van der Waals surface area contributed by atoms with Crippen molar-refractivity contribution in [3.05, 3.63) is 22.4 Å². The van der Waals surface area contributed by atoms with Crippen molar-refractivity contribution in [3.8, 4) is 0 Å². The van der Waals surface area contributed by atoms with Crippen LogP contribution >= 0.6 is 15.9 Å². The van der Waals surface area contributed by atoms with Gasteiger partial charge in [0.2, 0.25) is 0 Å². The van der Waals surface area contributed by atoms with Crippen LogP contribution in [0.5, 0.6) is 0 Å². The van der Waals surface area contributed by atoms with Gasteiger partial charge in [-0.05, 0) is 34.8 Å². The summed E-state index contributed by atoms with van der Waals surface area (Å²) in [4.78, 5) is 17.0. The standard InChI is InChI=1S/C12H17BrN2O/c1-15(10-5-3-2-4-6-10)12(16)11-7-9(13)8-14-11/h7-8,10,14H,2-6H2,1H3. The molecule has 1 aliphatic carbocycles. The summed E-state index contributed by atoms with van der Waals surface area (Å²) in [5.41, 5.74) is 0.667. The molecule has 1 N–H and O–H groups in total. The average molecular weight is 285 g/mol. The molecule has 1 aromatic heterocycles. The van der Waals surface area contributed by atoms with Crippen molar-refractivity contribution < 1.29 is 4.79 Å². The smallest absolute Gasteiger partial charge is 0.270 e. The number of halogens is 1. The third kappa shape index (κ3) is 2.48. The maximum absolute atomic E-state index is 12.1. The SMILES string of the molecule is CN(C(=O)c1cc(Br)c[nH]1)C1CCCCC1. The number of carbonyl (C=O) groups excluding carboxylic acids is 1. The van der Waals surface area contributed by atoms with Crippen LogP contribution in [0.2, 0.25) is 0 Å². The number of rotatable bonds is 2. The van der Waals surface area contributed by atoms with Gasteiger partial charge >= 0.3 is 0 Å². The fraction of sp³-hybridized carbons (Fsp3) is 0.583. The second-order valence-electron chi connectivity index (χ2n) is 4.44. The van der Waals surface area contributed by atoms with E-state index in [1.807, 2.05) is 18.0 Å². The Labute approximate surface area is 104 Å². The molecular weight excluding hydrogens is 268 g/mol. The second kappa shape index (κ2) is 5.04. The molecule has 88 valence electrons. The Bertz CT molecular complexity index is 369. The normalized spacial score (nSPS) is 17.4. The number of aromatic nitrogens is 1. The molecule has 0 aromatic carbocycles. The molecule has 0 spiro atoms. The van der Waals surface area contributed by atoms with Gasteiger partial charge in [0.25, 0.3) is 5.91 Å². The lowest BCUT2D eigenvalue weighted by Crippen LogP contribution is -2.38. The van der Waals surface area contributed by atoms with Gasteiger partial charge in [0.1, 0.15) is 5.69 Å². The molecule has 1 aliphatic rings. The molecule has 1 amide bonds. The van der Waals surface area contributed by atoms with Crippen molar-refractivity contribution in [1.29, 1.82) is 0 Å². The van der Waals surface area contributed by atoms with E-state index >= 15 is 0 Å². The fourth-order valence-electron chi connectivity index (χ4n) is 2.32. The van der Waals surface area contributed by atoms with E-state index in [-0.39, 0.29) is 5.91 Å². The van der Waals surface area contributed by atoms with Crippen LogP contribution in [-0.4, -0.2) is 28.9 Å². The zero-order chi connectivity index (χ0) is 11.5. The van der Waals surface area contributed by atoms with Crippen molar-refractivity contribution in [2.45, 2.75) is 38.1 Å². The summed E-state index contributed by atoms with van der Waals surface area (Å²) in [5.74, 6) is 0.0950. The Hall–Kier alpha value is -0.770. The van der Waals surface area contributed by atoms with E-state index in [0.29, 0.717) is 11.7 Å². The first kappa shape index (κ1) is 11.7. The summed E-state index contributed by atoms with van der Waals surface area (Å²) in [6, 6.07) is 2.25. The van der Waals surface area contributed by atoms with Gasteiger partial charge in [-0.1, -0.05) is 19.3 Å². The van der Waals surface area contributed by atoms with E-state index in [9.17, 15) is 4.79 Å². The van der Waals surface area contributed by atoms with E-state index in [4.69, 9.17) is 0 Å². The van der Waals surface area contributed by atoms with Crippen molar-refractivity contribution in [3.63, 3.8) is 0 Å². The monoisotopic (exact) mass is 284 g/mol. The molecule has 2 rings (SSSR count). The molecule has 1 saturated carbocycles. The molecule has 4 heteroatoms. The number of hydrogen-bond donors (Lipinski definition) is 1. The number of aromatic amines is 1. The molecule has 0 radical (unpaired) electrons. The summed E-state index contributed by atoms with van der Waals surface area (Å²) >= 11 is 3.34. The van der Waals surface area contributed by atoms with Crippen LogP contribution in [0.25, 0.3) is 0 Å². The molecule has 0 saturated heterocycles. The van der Waals surface area contributed by atoms with Crippen LogP contribution in [-0.2, 0) is 0 Å². The summed E-state index contributed by atoms with van der Waals surface area (Å²) < 4.78 is 0.924. The van der Waals surface area contributed by atoms with Crippen LogP contribution in [0.1, 0.15) is 42.6 Å². The molecule has 16 heavy (non-hydrogen) atoms. The third-order valence-electron chi connectivity index (χ3n) is 3.32. The van der Waals surface area contributed by atoms with Crippen molar-refractivity contribution >= 4 is 21.8 Å². The number of H-pyrrole nitrogens is 1. The molecule has 0 aliphatic heterocycles. The van der Waals surface area contributed by atoms with Gasteiger partial charge in [0, 0.05) is 23.8 Å². The highest BCUT2D eigenvalue weighted by atomic mass is 79.9. The zero-order valence-electron chi connectivity index (χ0n) is 9.50. The lowest BCUT2D eigenvalue weighted by Gasteiger charge is -2.30. The van der Waals surface area contributed by atoms with E-state index in [2.05, 4.69) is 20.9 Å². The molecular formula is C12H17BrN2O. The largest absolute Gasteiger partial charge is 0.356 e. The highest BCUT2D eigenvalue weighted by Crippen LogP contribution is 2.23. The van der Waals surface area contributed by atoms with Crippen LogP contribution in [0.3, 0.4) is 0 Å². The number of nitrogens with zero attached hydrogens (tertiary/aromatic N) is 1. The molecule has 0 atom stereocenters. The Balaban J connectivity index is 2.03. The zero-order valence-corrected chi connectivity index (χ0v) is 11.1. The number of carbonyl (C=O) groups is 1. The summed E-state index contributed by atoms with van der Waals surface area (Å²) in [7, 11) is 1.91. The minimum absolute atomic E-state index is 0.0950. The quantitative estimate of drug-likeness (QED) is 0.890. The van der Waals surface area contributed by atoms with Crippen molar-refractivity contribution in [1.82, 2.24) is 9.88 Å². The number of hydrogen-bond acceptors (Lipinski definition) is 1. The van der Waals surface area contributed by atoms with Crippen molar-refractivity contribution in [2.24, 2.45) is 0 Å². The van der Waals surface area contributed by atoms with Gasteiger partial charge in [0.05, 0.1) is 0 Å². The molecule has 0 unspecified atom stereocenters. The van der Waals surface area contributed by atoms with Gasteiger partial charge in [-0.25, -0.2) is 0 Å². The predicted octanol–water partition coefficient (Wildman–Crippen LogP) is 3.18. The molecule has 1 fully saturated rings. The van der Waals surface area contributed by atoms with Crippen molar-refractivity contribution in [2.75, 3.05) is 7.05 Å². The topological polar surface area (TPSA) is 36.1 Å². The van der Waals surface area contributed by atoms with Gasteiger partial charge in [-0.2, -0.15) is 0 Å². The van der Waals surface area contributed by atoms with Crippen LogP contribution in [0.15, 0.2) is 16.7 Å². The first-order chi connectivity index (χ1) is 7.68. The van der Waals surface area contributed by atoms with Gasteiger partial charge in [-0.15, -0.1) is 0 Å². The maximum atomic E-state index is 12.1. The Kier molecular flexibility index (Phi) is 3.69. The third-order valence-corrected chi connectivity index (χ3v) is 3.78. The summed E-state index contributed by atoms with van der Waals surface area (Å²) in [5, 5.41) is 0. The van der Waals surface area contributed by atoms with Gasteiger partial charge in [-0.3, -0.25) is 4.79 Å². The summed E-state index contributed by atoms with van der Waals surface area (Å²) in [6.07, 6.45) is 7.89. The van der Waals surface area contributed by atoms with E-state index in [1.54, 1.807) is 6.20 Å². The van der Waals surface area contributed by atoms with Gasteiger partial charge < -0.3 is 9.88 Å². The number of nitrogens with one attached hydrogen (secondary N) is 1. The molecule has 1 heterocycles. The predicted molar refractivity (Wildman–Crippen MR) is 67.5 cm³/mol. The van der Waals surface area contributed by atoms with E-state index in [0.717, 1.165) is 17.3 Å². The molecule has 3 nitrogen and oxygen atoms in total. The lowest BCUT2D eigenvalue weighted by atomic mass is 9.94. The van der Waals surface area contributed by atoms with Gasteiger partial charge in [0.15, 0.2) is 0 Å².